The third-order valence-corrected chi connectivity index (χ3v) is 10.6. The van der Waals surface area contributed by atoms with Gasteiger partial charge < -0.3 is 20.3 Å². The van der Waals surface area contributed by atoms with Crippen LogP contribution in [-0.4, -0.2) is 46.9 Å². The Hall–Kier alpha value is -2.44. The van der Waals surface area contributed by atoms with Gasteiger partial charge in [0.05, 0.1) is 25.2 Å². The number of allylic oxidation sites excluding steroid dienone is 10. The van der Waals surface area contributed by atoms with Gasteiger partial charge in [0.25, 0.3) is 0 Å². The molecule has 0 saturated heterocycles. The van der Waals surface area contributed by atoms with Crippen LogP contribution in [0.2, 0.25) is 0 Å². The van der Waals surface area contributed by atoms with E-state index in [4.69, 9.17) is 4.74 Å². The van der Waals surface area contributed by atoms with Crippen molar-refractivity contribution in [3.05, 3.63) is 60.8 Å². The first-order chi connectivity index (χ1) is 28.0. The molecular formula is C51H91NO5. The summed E-state index contributed by atoms with van der Waals surface area (Å²) in [7, 11) is 0. The monoisotopic (exact) mass is 798 g/mol. The van der Waals surface area contributed by atoms with E-state index in [0.29, 0.717) is 19.3 Å². The van der Waals surface area contributed by atoms with E-state index in [1.54, 1.807) is 0 Å². The number of aliphatic hydroxyl groups excluding tert-OH is 2. The molecule has 6 heteroatoms. The number of hydrogen-bond acceptors (Lipinski definition) is 5. The van der Waals surface area contributed by atoms with Crippen molar-refractivity contribution in [3.63, 3.8) is 0 Å². The van der Waals surface area contributed by atoms with Gasteiger partial charge in [-0.1, -0.05) is 191 Å². The maximum atomic E-state index is 13.1. The first kappa shape index (κ1) is 54.6. The van der Waals surface area contributed by atoms with E-state index in [0.717, 1.165) is 83.5 Å². The van der Waals surface area contributed by atoms with Crippen molar-refractivity contribution in [1.82, 2.24) is 5.32 Å². The standard InChI is InChI=1S/C51H91NO5/c1-4-7-10-13-16-19-22-23-24-25-26-27-29-30-33-36-39-42-47(57-51(56)44-41-38-35-32-21-18-15-12-9-6-3)45-50(55)52-48(46-53)49(54)43-40-37-34-31-28-20-17-14-11-8-5-2/h12,15-16,19,23-24,26-27,30,33,47-49,53-54H,4-11,13-14,17-18,20-22,25,28-29,31-32,34-46H2,1-3H3,(H,52,55)/b15-12-,19-16-,24-23-,27-26-,33-30-. The van der Waals surface area contributed by atoms with E-state index in [1.807, 2.05) is 0 Å². The predicted molar refractivity (Wildman–Crippen MR) is 245 cm³/mol. The first-order valence-corrected chi connectivity index (χ1v) is 24.0. The SMILES string of the molecule is CCC/C=C\CCCCCCCC(=O)OC(CCC/C=C\C/C=C\C/C=C\C/C=C\CCCCC)CC(=O)NC(CO)C(O)CCCCCCCCCCCCC. The topological polar surface area (TPSA) is 95.9 Å². The lowest BCUT2D eigenvalue weighted by molar-refractivity contribution is -0.151. The molecule has 1 amide bonds. The second-order valence-corrected chi connectivity index (χ2v) is 16.2. The lowest BCUT2D eigenvalue weighted by Gasteiger charge is -2.24. The van der Waals surface area contributed by atoms with Crippen LogP contribution in [0.15, 0.2) is 60.8 Å². The van der Waals surface area contributed by atoms with Crippen molar-refractivity contribution in [3.8, 4) is 0 Å². The van der Waals surface area contributed by atoms with Crippen LogP contribution < -0.4 is 5.32 Å². The molecule has 3 unspecified atom stereocenters. The van der Waals surface area contributed by atoms with Crippen LogP contribution in [0.3, 0.4) is 0 Å². The summed E-state index contributed by atoms with van der Waals surface area (Å²) in [4.78, 5) is 26.0. The molecule has 330 valence electrons. The van der Waals surface area contributed by atoms with Gasteiger partial charge in [0.1, 0.15) is 6.10 Å². The Labute approximate surface area is 352 Å². The molecule has 0 saturated carbocycles. The molecule has 3 N–H and O–H groups in total. The number of hydrogen-bond donors (Lipinski definition) is 3. The molecule has 0 aliphatic heterocycles. The largest absolute Gasteiger partial charge is 0.462 e. The van der Waals surface area contributed by atoms with Crippen molar-refractivity contribution < 1.29 is 24.5 Å². The van der Waals surface area contributed by atoms with Gasteiger partial charge in [-0.05, 0) is 83.5 Å². The number of esters is 1. The minimum atomic E-state index is -0.802. The highest BCUT2D eigenvalue weighted by Crippen LogP contribution is 2.16. The fraction of sp³-hybridized carbons (Fsp3) is 0.765. The summed E-state index contributed by atoms with van der Waals surface area (Å²) >= 11 is 0. The highest BCUT2D eigenvalue weighted by atomic mass is 16.5. The number of nitrogens with one attached hydrogen (secondary N) is 1. The van der Waals surface area contributed by atoms with Crippen molar-refractivity contribution in [2.24, 2.45) is 0 Å². The van der Waals surface area contributed by atoms with Crippen molar-refractivity contribution in [2.75, 3.05) is 6.61 Å². The fourth-order valence-corrected chi connectivity index (χ4v) is 6.89. The van der Waals surface area contributed by atoms with Crippen LogP contribution in [0, 0.1) is 0 Å². The number of ether oxygens (including phenoxy) is 1. The van der Waals surface area contributed by atoms with E-state index in [2.05, 4.69) is 86.8 Å². The normalized spacial score (nSPS) is 13.8. The van der Waals surface area contributed by atoms with Gasteiger partial charge in [-0.3, -0.25) is 9.59 Å². The fourth-order valence-electron chi connectivity index (χ4n) is 6.89. The number of amides is 1. The van der Waals surface area contributed by atoms with E-state index in [9.17, 15) is 19.8 Å². The second kappa shape index (κ2) is 44.7. The van der Waals surface area contributed by atoms with E-state index in [1.165, 1.54) is 96.3 Å². The maximum absolute atomic E-state index is 13.1. The minimum absolute atomic E-state index is 0.0353. The third kappa shape index (κ3) is 40.1. The molecule has 0 bridgehead atoms. The van der Waals surface area contributed by atoms with E-state index >= 15 is 0 Å². The summed E-state index contributed by atoms with van der Waals surface area (Å²) in [5.74, 6) is -0.543. The molecule has 0 spiro atoms. The minimum Gasteiger partial charge on any atom is -0.462 e. The van der Waals surface area contributed by atoms with Crippen molar-refractivity contribution in [1.29, 1.82) is 0 Å². The summed E-state index contributed by atoms with van der Waals surface area (Å²) < 4.78 is 5.87. The first-order valence-electron chi connectivity index (χ1n) is 24.0. The number of aliphatic hydroxyl groups is 2. The van der Waals surface area contributed by atoms with E-state index in [-0.39, 0.29) is 24.9 Å². The lowest BCUT2D eigenvalue weighted by Crippen LogP contribution is -2.46. The summed E-state index contributed by atoms with van der Waals surface area (Å²) in [6.07, 6.45) is 54.2. The predicted octanol–water partition coefficient (Wildman–Crippen LogP) is 14.1. The molecule has 0 aromatic carbocycles. The van der Waals surface area contributed by atoms with Crippen LogP contribution in [0.25, 0.3) is 0 Å². The van der Waals surface area contributed by atoms with Crippen LogP contribution in [0.5, 0.6) is 0 Å². The smallest absolute Gasteiger partial charge is 0.306 e. The van der Waals surface area contributed by atoms with E-state index < -0.39 is 18.2 Å². The average Bonchev–Trinajstić information content (AvgIpc) is 3.20. The molecular weight excluding hydrogens is 707 g/mol. The quantitative estimate of drug-likeness (QED) is 0.0325. The van der Waals surface area contributed by atoms with Gasteiger partial charge in [-0.15, -0.1) is 0 Å². The molecule has 6 nitrogen and oxygen atoms in total. The lowest BCUT2D eigenvalue weighted by atomic mass is 10.0. The summed E-state index contributed by atoms with van der Waals surface area (Å²) in [5, 5.41) is 23.6. The molecule has 3 atom stereocenters. The van der Waals surface area contributed by atoms with Crippen molar-refractivity contribution in [2.45, 2.75) is 244 Å². The van der Waals surface area contributed by atoms with Gasteiger partial charge in [0, 0.05) is 6.42 Å². The Kier molecular flexibility index (Phi) is 42.7. The molecule has 0 aromatic heterocycles. The third-order valence-electron chi connectivity index (χ3n) is 10.6. The molecule has 0 aromatic rings. The van der Waals surface area contributed by atoms with Gasteiger partial charge in [-0.2, -0.15) is 0 Å². The Balaban J connectivity index is 4.71. The molecule has 57 heavy (non-hydrogen) atoms. The van der Waals surface area contributed by atoms with Gasteiger partial charge in [0.2, 0.25) is 5.91 Å². The number of unbranched alkanes of at least 4 members (excludes halogenated alkanes) is 20. The molecule has 0 aliphatic rings. The molecule has 0 aliphatic carbocycles. The summed E-state index contributed by atoms with van der Waals surface area (Å²) in [5.41, 5.74) is 0. The highest BCUT2D eigenvalue weighted by Gasteiger charge is 2.24. The molecule has 0 rings (SSSR count). The maximum Gasteiger partial charge on any atom is 0.306 e. The van der Waals surface area contributed by atoms with Crippen LogP contribution >= 0.6 is 0 Å². The average molecular weight is 798 g/mol. The number of carbonyl (C=O) groups is 2. The van der Waals surface area contributed by atoms with Crippen molar-refractivity contribution >= 4 is 11.9 Å². The zero-order valence-electron chi connectivity index (χ0n) is 37.5. The summed E-state index contributed by atoms with van der Waals surface area (Å²) in [6, 6.07) is -0.720. The molecule has 0 radical (unpaired) electrons. The number of carbonyl (C=O) groups excluding carboxylic acids is 2. The van der Waals surface area contributed by atoms with Gasteiger partial charge in [-0.25, -0.2) is 0 Å². The number of rotatable bonds is 42. The van der Waals surface area contributed by atoms with Gasteiger partial charge >= 0.3 is 5.97 Å². The molecule has 0 heterocycles. The zero-order valence-corrected chi connectivity index (χ0v) is 37.5. The Morgan fingerprint density at radius 2 is 0.947 bits per heavy atom. The molecule has 0 fully saturated rings. The van der Waals surface area contributed by atoms with Gasteiger partial charge in [0.15, 0.2) is 0 Å². The second-order valence-electron chi connectivity index (χ2n) is 16.2. The highest BCUT2D eigenvalue weighted by molar-refractivity contribution is 5.77. The summed E-state index contributed by atoms with van der Waals surface area (Å²) in [6.45, 7) is 6.36. The Morgan fingerprint density at radius 1 is 0.509 bits per heavy atom. The zero-order chi connectivity index (χ0) is 41.7. The Bertz CT molecular complexity index is 1030. The van der Waals surface area contributed by atoms with Crippen LogP contribution in [0.1, 0.15) is 226 Å². The Morgan fingerprint density at radius 3 is 1.51 bits per heavy atom. The van der Waals surface area contributed by atoms with Crippen LogP contribution in [0.4, 0.5) is 0 Å². The van der Waals surface area contributed by atoms with Crippen LogP contribution in [-0.2, 0) is 14.3 Å².